The van der Waals surface area contributed by atoms with Crippen molar-refractivity contribution in [2.45, 2.75) is 38.5 Å². The van der Waals surface area contributed by atoms with Crippen molar-refractivity contribution in [3.05, 3.63) is 36.0 Å². The molecule has 8 nitrogen and oxygen atoms in total. The molecule has 4 rings (SSSR count). The predicted molar refractivity (Wildman–Crippen MR) is 105 cm³/mol. The highest BCUT2D eigenvalue weighted by atomic mass is 15.3. The monoisotopic (exact) mass is 366 g/mol. The number of aromatic nitrogens is 6. The average molecular weight is 366 g/mol. The van der Waals surface area contributed by atoms with Crippen LogP contribution in [0.4, 0.5) is 11.9 Å². The summed E-state index contributed by atoms with van der Waals surface area (Å²) >= 11 is 0. The van der Waals surface area contributed by atoms with E-state index in [-0.39, 0.29) is 5.92 Å². The van der Waals surface area contributed by atoms with Crippen molar-refractivity contribution in [2.75, 3.05) is 37.0 Å². The van der Waals surface area contributed by atoms with Crippen LogP contribution in [-0.4, -0.2) is 56.7 Å². The molecule has 3 aromatic heterocycles. The molecule has 4 heterocycles. The molecule has 0 saturated carbocycles. The maximum absolute atomic E-state index is 4.72. The summed E-state index contributed by atoms with van der Waals surface area (Å²) in [7, 11) is 3.93. The Labute approximate surface area is 159 Å². The first-order valence-electron chi connectivity index (χ1n) is 9.51. The molecule has 1 aliphatic heterocycles. The summed E-state index contributed by atoms with van der Waals surface area (Å²) in [5, 5.41) is 8.73. The molecule has 0 N–H and O–H groups in total. The molecule has 0 spiro atoms. The highest BCUT2D eigenvalue weighted by Gasteiger charge is 2.26. The van der Waals surface area contributed by atoms with Gasteiger partial charge in [-0.15, -0.1) is 10.2 Å². The van der Waals surface area contributed by atoms with Gasteiger partial charge < -0.3 is 9.80 Å². The number of anilines is 2. The first-order valence-corrected chi connectivity index (χ1v) is 9.51. The van der Waals surface area contributed by atoms with E-state index < -0.39 is 0 Å². The number of nitrogens with zero attached hydrogens (tertiary/aromatic N) is 8. The molecule has 1 saturated heterocycles. The van der Waals surface area contributed by atoms with Crippen LogP contribution in [0, 0.1) is 0 Å². The molecule has 0 unspecified atom stereocenters. The Morgan fingerprint density at radius 1 is 1.04 bits per heavy atom. The van der Waals surface area contributed by atoms with Crippen molar-refractivity contribution in [3.8, 4) is 0 Å². The van der Waals surface area contributed by atoms with E-state index in [1.165, 1.54) is 0 Å². The lowest BCUT2D eigenvalue weighted by molar-refractivity contribution is 0.476. The lowest BCUT2D eigenvalue weighted by Crippen LogP contribution is -2.35. The molecular weight excluding hydrogens is 340 g/mol. The van der Waals surface area contributed by atoms with E-state index in [0.717, 1.165) is 49.2 Å². The zero-order valence-corrected chi connectivity index (χ0v) is 16.4. The fourth-order valence-electron chi connectivity index (χ4n) is 3.44. The van der Waals surface area contributed by atoms with E-state index in [4.69, 9.17) is 4.98 Å². The van der Waals surface area contributed by atoms with E-state index in [1.807, 2.05) is 43.4 Å². The topological polar surface area (TPSA) is 75.3 Å². The van der Waals surface area contributed by atoms with E-state index in [1.54, 1.807) is 0 Å². The van der Waals surface area contributed by atoms with Crippen LogP contribution in [0.2, 0.25) is 0 Å². The van der Waals surface area contributed by atoms with Crippen molar-refractivity contribution >= 4 is 17.5 Å². The minimum atomic E-state index is 0.269. The van der Waals surface area contributed by atoms with E-state index >= 15 is 0 Å². The quantitative estimate of drug-likeness (QED) is 0.702. The molecule has 27 heavy (non-hydrogen) atoms. The number of rotatable bonds is 4. The molecule has 3 aromatic rings. The van der Waals surface area contributed by atoms with Gasteiger partial charge in [-0.05, 0) is 25.0 Å². The Kier molecular flexibility index (Phi) is 4.63. The smallest absolute Gasteiger partial charge is 0.230 e. The van der Waals surface area contributed by atoms with Crippen molar-refractivity contribution in [1.82, 2.24) is 29.5 Å². The van der Waals surface area contributed by atoms with Crippen molar-refractivity contribution in [3.63, 3.8) is 0 Å². The third kappa shape index (κ3) is 3.43. The largest absolute Gasteiger partial charge is 0.347 e. The van der Waals surface area contributed by atoms with Crippen LogP contribution in [0.5, 0.6) is 0 Å². The highest BCUT2D eigenvalue weighted by Crippen LogP contribution is 2.29. The van der Waals surface area contributed by atoms with E-state index in [2.05, 4.69) is 43.3 Å². The van der Waals surface area contributed by atoms with Crippen LogP contribution >= 0.6 is 0 Å². The minimum Gasteiger partial charge on any atom is -0.347 e. The highest BCUT2D eigenvalue weighted by molar-refractivity contribution is 5.40. The SMILES string of the molecule is CC(C)c1nc(N(C)C)nc(N2CCC(c3nnc4ccccn34)CC2)n1. The normalized spacial score (nSPS) is 15.7. The van der Waals surface area contributed by atoms with Gasteiger partial charge in [0, 0.05) is 45.2 Å². The maximum Gasteiger partial charge on any atom is 0.230 e. The van der Waals surface area contributed by atoms with Crippen LogP contribution in [0.25, 0.3) is 5.65 Å². The second-order valence-electron chi connectivity index (χ2n) is 7.59. The van der Waals surface area contributed by atoms with Crippen molar-refractivity contribution in [2.24, 2.45) is 0 Å². The maximum atomic E-state index is 4.72. The lowest BCUT2D eigenvalue weighted by Gasteiger charge is -2.31. The third-order valence-electron chi connectivity index (χ3n) is 5.03. The number of hydrogen-bond donors (Lipinski definition) is 0. The zero-order chi connectivity index (χ0) is 19.0. The Morgan fingerprint density at radius 2 is 1.81 bits per heavy atom. The van der Waals surface area contributed by atoms with Gasteiger partial charge in [-0.1, -0.05) is 19.9 Å². The van der Waals surface area contributed by atoms with Gasteiger partial charge in [-0.25, -0.2) is 0 Å². The summed E-state index contributed by atoms with van der Waals surface area (Å²) in [6.07, 6.45) is 4.06. The lowest BCUT2D eigenvalue weighted by atomic mass is 9.96. The summed E-state index contributed by atoms with van der Waals surface area (Å²) in [5.41, 5.74) is 0.907. The van der Waals surface area contributed by atoms with Gasteiger partial charge in [0.25, 0.3) is 0 Å². The molecule has 142 valence electrons. The number of hydrogen-bond acceptors (Lipinski definition) is 7. The molecule has 0 amide bonds. The predicted octanol–water partition coefficient (Wildman–Crippen LogP) is 2.49. The molecule has 0 aliphatic carbocycles. The molecule has 0 bridgehead atoms. The Morgan fingerprint density at radius 3 is 2.52 bits per heavy atom. The molecule has 1 aliphatic rings. The van der Waals surface area contributed by atoms with Gasteiger partial charge in [0.1, 0.15) is 11.6 Å². The molecule has 0 aromatic carbocycles. The molecule has 8 heteroatoms. The first-order chi connectivity index (χ1) is 13.0. The number of piperidine rings is 1. The summed E-state index contributed by atoms with van der Waals surface area (Å²) in [6.45, 7) is 6.03. The fraction of sp³-hybridized carbons (Fsp3) is 0.526. The average Bonchev–Trinajstić information content (AvgIpc) is 3.12. The molecule has 1 fully saturated rings. The Bertz CT molecular complexity index is 898. The summed E-state index contributed by atoms with van der Waals surface area (Å²) in [4.78, 5) is 18.2. The molecule has 0 atom stereocenters. The van der Waals surface area contributed by atoms with Crippen LogP contribution in [-0.2, 0) is 0 Å². The molecular formula is C19H26N8. The summed E-state index contributed by atoms with van der Waals surface area (Å²) in [5.74, 6) is 4.06. The second-order valence-corrected chi connectivity index (χ2v) is 7.59. The van der Waals surface area contributed by atoms with Crippen molar-refractivity contribution in [1.29, 1.82) is 0 Å². The van der Waals surface area contributed by atoms with Gasteiger partial charge in [0.05, 0.1) is 0 Å². The standard InChI is InChI=1S/C19H26N8/c1-13(2)16-20-18(25(3)4)22-19(21-16)26-11-8-14(9-12-26)17-24-23-15-7-5-6-10-27(15)17/h5-7,10,13-14H,8-9,11-12H2,1-4H3. The van der Waals surface area contributed by atoms with Gasteiger partial charge in [0.2, 0.25) is 11.9 Å². The van der Waals surface area contributed by atoms with Gasteiger partial charge in [0.15, 0.2) is 5.65 Å². The zero-order valence-electron chi connectivity index (χ0n) is 16.4. The number of fused-ring (bicyclic) bond motifs is 1. The molecule has 0 radical (unpaired) electrons. The third-order valence-corrected chi connectivity index (χ3v) is 5.03. The van der Waals surface area contributed by atoms with E-state index in [0.29, 0.717) is 11.9 Å². The Balaban J connectivity index is 1.54. The van der Waals surface area contributed by atoms with Crippen molar-refractivity contribution < 1.29 is 0 Å². The van der Waals surface area contributed by atoms with Crippen LogP contribution in [0.15, 0.2) is 24.4 Å². The van der Waals surface area contributed by atoms with Crippen LogP contribution < -0.4 is 9.80 Å². The van der Waals surface area contributed by atoms with Gasteiger partial charge >= 0.3 is 0 Å². The fourth-order valence-corrected chi connectivity index (χ4v) is 3.44. The van der Waals surface area contributed by atoms with Gasteiger partial charge in [-0.3, -0.25) is 4.40 Å². The van der Waals surface area contributed by atoms with E-state index in [9.17, 15) is 0 Å². The second kappa shape index (κ2) is 7.09. The minimum absolute atomic E-state index is 0.269. The number of pyridine rings is 1. The van der Waals surface area contributed by atoms with Gasteiger partial charge in [-0.2, -0.15) is 15.0 Å². The first kappa shape index (κ1) is 17.6. The Hall–Kier alpha value is -2.77. The summed E-state index contributed by atoms with van der Waals surface area (Å²) < 4.78 is 2.10. The van der Waals surface area contributed by atoms with Crippen LogP contribution in [0.3, 0.4) is 0 Å². The summed E-state index contributed by atoms with van der Waals surface area (Å²) in [6, 6.07) is 6.01. The van der Waals surface area contributed by atoms with Crippen LogP contribution in [0.1, 0.15) is 50.2 Å².